The largest absolute Gasteiger partial charge is 0.461 e. The third-order valence-corrected chi connectivity index (χ3v) is 4.58. The van der Waals surface area contributed by atoms with Crippen LogP contribution in [-0.2, 0) is 34.1 Å². The standard InChI is InChI=1S/C24H28O9/c25-12-14-31-16-18-33-23(28)24(29,20-9-5-2-6-10-20)11-13-30-15-17-32-22(27)21(26)19-7-3-1-4-8-19/h1-10,25,29H,11-18H2. The van der Waals surface area contributed by atoms with Gasteiger partial charge in [-0.25, -0.2) is 9.59 Å². The number of hydrogen-bond acceptors (Lipinski definition) is 9. The summed E-state index contributed by atoms with van der Waals surface area (Å²) in [6, 6.07) is 16.4. The van der Waals surface area contributed by atoms with Gasteiger partial charge < -0.3 is 29.2 Å². The topological polar surface area (TPSA) is 129 Å². The number of ketones is 1. The molecule has 33 heavy (non-hydrogen) atoms. The lowest BCUT2D eigenvalue weighted by atomic mass is 9.91. The smallest absolute Gasteiger partial charge is 0.379 e. The first-order chi connectivity index (χ1) is 16.0. The van der Waals surface area contributed by atoms with Crippen molar-refractivity contribution in [2.24, 2.45) is 0 Å². The SMILES string of the molecule is O=C(OCCOCCC(O)(C(=O)OCCOCCO)c1ccccc1)C(=O)c1ccccc1. The molecule has 0 fully saturated rings. The molecule has 0 aromatic heterocycles. The molecular formula is C24H28O9. The zero-order chi connectivity index (χ0) is 23.9. The minimum absolute atomic E-state index is 0.0251. The number of hydrogen-bond donors (Lipinski definition) is 2. The maximum Gasteiger partial charge on any atom is 0.379 e. The molecule has 1 atom stereocenters. The van der Waals surface area contributed by atoms with Crippen LogP contribution in [-0.4, -0.2) is 74.2 Å². The molecule has 0 aliphatic heterocycles. The highest BCUT2D eigenvalue weighted by atomic mass is 16.6. The molecule has 2 aromatic rings. The van der Waals surface area contributed by atoms with Crippen LogP contribution < -0.4 is 0 Å². The van der Waals surface area contributed by atoms with E-state index in [1.807, 2.05) is 0 Å². The van der Waals surface area contributed by atoms with Crippen molar-refractivity contribution in [2.75, 3.05) is 46.2 Å². The Morgan fingerprint density at radius 1 is 0.727 bits per heavy atom. The normalized spacial score (nSPS) is 12.5. The van der Waals surface area contributed by atoms with Gasteiger partial charge in [-0.3, -0.25) is 4.79 Å². The van der Waals surface area contributed by atoms with Gasteiger partial charge in [0.2, 0.25) is 0 Å². The number of carbonyl (C=O) groups excluding carboxylic acids is 3. The van der Waals surface area contributed by atoms with Crippen molar-refractivity contribution in [3.63, 3.8) is 0 Å². The summed E-state index contributed by atoms with van der Waals surface area (Å²) in [5.41, 5.74) is -1.37. The highest BCUT2D eigenvalue weighted by molar-refractivity contribution is 6.40. The van der Waals surface area contributed by atoms with E-state index in [-0.39, 0.29) is 58.2 Å². The van der Waals surface area contributed by atoms with Crippen LogP contribution in [0.3, 0.4) is 0 Å². The summed E-state index contributed by atoms with van der Waals surface area (Å²) in [5.74, 6) is -2.60. The van der Waals surface area contributed by atoms with Gasteiger partial charge in [0.1, 0.15) is 13.2 Å². The van der Waals surface area contributed by atoms with Crippen molar-refractivity contribution in [3.05, 3.63) is 71.8 Å². The summed E-state index contributed by atoms with van der Waals surface area (Å²) >= 11 is 0. The minimum atomic E-state index is -1.95. The number of Topliss-reactive ketones (excluding diaryl/α,β-unsaturated/α-hetero) is 1. The van der Waals surface area contributed by atoms with Gasteiger partial charge in [0.15, 0.2) is 5.60 Å². The summed E-state index contributed by atoms with van der Waals surface area (Å²) in [6.07, 6.45) is -0.107. The van der Waals surface area contributed by atoms with Crippen LogP contribution in [0, 0.1) is 0 Å². The molecule has 9 heteroatoms. The Hall–Kier alpha value is -3.11. The van der Waals surface area contributed by atoms with Crippen LogP contribution in [0.1, 0.15) is 22.3 Å². The molecule has 0 saturated heterocycles. The Morgan fingerprint density at radius 2 is 1.30 bits per heavy atom. The molecule has 2 aromatic carbocycles. The molecule has 178 valence electrons. The van der Waals surface area contributed by atoms with E-state index in [1.165, 1.54) is 12.1 Å². The van der Waals surface area contributed by atoms with Gasteiger partial charge in [0.05, 0.1) is 33.0 Å². The number of benzene rings is 2. The van der Waals surface area contributed by atoms with Crippen molar-refractivity contribution in [1.29, 1.82) is 0 Å². The van der Waals surface area contributed by atoms with E-state index in [1.54, 1.807) is 48.5 Å². The molecule has 0 heterocycles. The molecule has 0 aliphatic rings. The van der Waals surface area contributed by atoms with Gasteiger partial charge in [0, 0.05) is 12.0 Å². The van der Waals surface area contributed by atoms with Gasteiger partial charge in [-0.2, -0.15) is 0 Å². The van der Waals surface area contributed by atoms with Gasteiger partial charge in [0.25, 0.3) is 5.78 Å². The first kappa shape index (κ1) is 26.1. The van der Waals surface area contributed by atoms with Crippen LogP contribution in [0.25, 0.3) is 0 Å². The van der Waals surface area contributed by atoms with E-state index in [4.69, 9.17) is 24.1 Å². The predicted octanol–water partition coefficient (Wildman–Crippen LogP) is 1.26. The van der Waals surface area contributed by atoms with E-state index < -0.39 is 23.3 Å². The van der Waals surface area contributed by atoms with Gasteiger partial charge in [-0.15, -0.1) is 0 Å². The number of aliphatic hydroxyl groups is 2. The fraction of sp³-hybridized carbons (Fsp3) is 0.375. The number of ether oxygens (including phenoxy) is 4. The first-order valence-electron chi connectivity index (χ1n) is 10.5. The number of carbonyl (C=O) groups is 3. The lowest BCUT2D eigenvalue weighted by Crippen LogP contribution is -2.39. The molecule has 0 saturated carbocycles. The Balaban J connectivity index is 1.80. The summed E-state index contributed by atoms with van der Waals surface area (Å²) in [7, 11) is 0. The van der Waals surface area contributed by atoms with Crippen molar-refractivity contribution in [1.82, 2.24) is 0 Å². The van der Waals surface area contributed by atoms with Crippen molar-refractivity contribution in [3.8, 4) is 0 Å². The highest BCUT2D eigenvalue weighted by Gasteiger charge is 2.39. The summed E-state index contributed by atoms with van der Waals surface area (Å²) < 4.78 is 20.5. The Morgan fingerprint density at radius 3 is 1.94 bits per heavy atom. The minimum Gasteiger partial charge on any atom is -0.461 e. The average molecular weight is 460 g/mol. The molecule has 9 nitrogen and oxygen atoms in total. The third-order valence-electron chi connectivity index (χ3n) is 4.58. The lowest BCUT2D eigenvalue weighted by Gasteiger charge is -2.26. The van der Waals surface area contributed by atoms with Crippen LogP contribution in [0.4, 0.5) is 0 Å². The van der Waals surface area contributed by atoms with E-state index in [9.17, 15) is 19.5 Å². The molecule has 0 amide bonds. The summed E-state index contributed by atoms with van der Waals surface area (Å²) in [5, 5.41) is 19.7. The van der Waals surface area contributed by atoms with Gasteiger partial charge >= 0.3 is 11.9 Å². The molecule has 0 spiro atoms. The number of aliphatic hydroxyl groups excluding tert-OH is 1. The van der Waals surface area contributed by atoms with E-state index >= 15 is 0 Å². The fourth-order valence-corrected chi connectivity index (χ4v) is 2.85. The predicted molar refractivity (Wildman–Crippen MR) is 116 cm³/mol. The monoisotopic (exact) mass is 460 g/mol. The molecule has 1 unspecified atom stereocenters. The Labute approximate surface area is 191 Å². The first-order valence-corrected chi connectivity index (χ1v) is 10.5. The van der Waals surface area contributed by atoms with E-state index in [2.05, 4.69) is 0 Å². The van der Waals surface area contributed by atoms with Crippen LogP contribution in [0.15, 0.2) is 60.7 Å². The highest BCUT2D eigenvalue weighted by Crippen LogP contribution is 2.27. The average Bonchev–Trinajstić information content (AvgIpc) is 2.86. The maximum absolute atomic E-state index is 12.6. The Kier molecular flexibility index (Phi) is 11.2. The molecule has 0 radical (unpaired) electrons. The third kappa shape index (κ3) is 8.39. The zero-order valence-electron chi connectivity index (χ0n) is 18.2. The number of esters is 2. The summed E-state index contributed by atoms with van der Waals surface area (Å²) in [4.78, 5) is 36.4. The fourth-order valence-electron chi connectivity index (χ4n) is 2.85. The van der Waals surface area contributed by atoms with Crippen molar-refractivity contribution < 1.29 is 43.5 Å². The second kappa shape index (κ2) is 14.1. The van der Waals surface area contributed by atoms with Gasteiger partial charge in [-0.05, 0) is 5.56 Å². The lowest BCUT2D eigenvalue weighted by molar-refractivity contribution is -0.170. The number of rotatable bonds is 15. The maximum atomic E-state index is 12.6. The van der Waals surface area contributed by atoms with Crippen molar-refractivity contribution in [2.45, 2.75) is 12.0 Å². The van der Waals surface area contributed by atoms with E-state index in [0.29, 0.717) is 5.56 Å². The quantitative estimate of drug-likeness (QED) is 0.175. The van der Waals surface area contributed by atoms with E-state index in [0.717, 1.165) is 0 Å². The summed E-state index contributed by atoms with van der Waals surface area (Å²) in [6.45, 7) is -0.242. The molecule has 0 bridgehead atoms. The molecule has 2 N–H and O–H groups in total. The second-order valence-electron chi connectivity index (χ2n) is 6.89. The molecule has 0 aliphatic carbocycles. The zero-order valence-corrected chi connectivity index (χ0v) is 18.2. The van der Waals surface area contributed by atoms with Crippen LogP contribution in [0.5, 0.6) is 0 Å². The molecular weight excluding hydrogens is 432 g/mol. The van der Waals surface area contributed by atoms with Crippen molar-refractivity contribution >= 4 is 17.7 Å². The van der Waals surface area contributed by atoms with Gasteiger partial charge in [-0.1, -0.05) is 60.7 Å². The second-order valence-corrected chi connectivity index (χ2v) is 6.89. The van der Waals surface area contributed by atoms with Crippen LogP contribution >= 0.6 is 0 Å². The Bertz CT molecular complexity index is 870. The van der Waals surface area contributed by atoms with Crippen LogP contribution in [0.2, 0.25) is 0 Å². The molecule has 2 rings (SSSR count).